The van der Waals surface area contributed by atoms with Crippen LogP contribution in [0.3, 0.4) is 0 Å². The maximum absolute atomic E-state index is 11.5. The Bertz CT molecular complexity index is 1010. The molecule has 0 spiro atoms. The third kappa shape index (κ3) is 3.33. The zero-order valence-corrected chi connectivity index (χ0v) is 16.2. The summed E-state index contributed by atoms with van der Waals surface area (Å²) in [6, 6.07) is 5.27. The van der Waals surface area contributed by atoms with E-state index in [4.69, 9.17) is 21.9 Å². The molecule has 0 saturated carbocycles. The molecule has 0 aliphatic heterocycles. The lowest BCUT2D eigenvalue weighted by molar-refractivity contribution is 0.0250. The Morgan fingerprint density at radius 2 is 2.11 bits per heavy atom. The van der Waals surface area contributed by atoms with E-state index >= 15 is 0 Å². The van der Waals surface area contributed by atoms with Gasteiger partial charge in [-0.1, -0.05) is 23.7 Å². The Morgan fingerprint density at radius 1 is 1.41 bits per heavy atom. The third-order valence-corrected chi connectivity index (χ3v) is 5.21. The fourth-order valence-electron chi connectivity index (χ4n) is 2.83. The maximum Gasteiger partial charge on any atom is 0.270 e. The molecule has 0 aliphatic rings. The lowest BCUT2D eigenvalue weighted by Crippen LogP contribution is -2.29. The third-order valence-electron chi connectivity index (χ3n) is 4.75. The van der Waals surface area contributed by atoms with Crippen LogP contribution < -0.4 is 5.73 Å². The van der Waals surface area contributed by atoms with E-state index in [0.717, 1.165) is 5.56 Å². The molecule has 1 amide bonds. The molecule has 0 bridgehead atoms. The molecule has 0 aromatic carbocycles. The number of hydrogen-bond donors (Lipinski definition) is 2. The number of primary amides is 1. The lowest BCUT2D eigenvalue weighted by Gasteiger charge is -2.28. The fourth-order valence-corrected chi connectivity index (χ4v) is 3.05. The molecule has 0 radical (unpaired) electrons. The van der Waals surface area contributed by atoms with E-state index in [1.54, 1.807) is 45.2 Å². The summed E-state index contributed by atoms with van der Waals surface area (Å²) in [4.78, 5) is 15.8. The number of nitrogens with zero attached hydrogens (tertiary/aromatic N) is 4. The molecular weight excluding hydrogens is 370 g/mol. The first-order valence-electron chi connectivity index (χ1n) is 8.30. The number of carbonyl (C=O) groups excluding carboxylic acids is 1. The largest absolute Gasteiger partial charge is 0.383 e. The predicted octanol–water partition coefficient (Wildman–Crippen LogP) is 2.64. The number of aromatic nitrogens is 4. The SMILES string of the molecule is Cc1cc(C(C)(O)C(C)c2ccnc(-n3nc(C(N)=O)c(Cl)c3C)c2)no1. The molecule has 27 heavy (non-hydrogen) atoms. The summed E-state index contributed by atoms with van der Waals surface area (Å²) in [5.74, 6) is 0.0356. The van der Waals surface area contributed by atoms with Gasteiger partial charge in [0.2, 0.25) is 0 Å². The molecule has 9 heteroatoms. The van der Waals surface area contributed by atoms with E-state index in [-0.39, 0.29) is 16.6 Å². The predicted molar refractivity (Wildman–Crippen MR) is 98.8 cm³/mol. The Labute approximate surface area is 160 Å². The van der Waals surface area contributed by atoms with Crippen molar-refractivity contribution >= 4 is 17.5 Å². The van der Waals surface area contributed by atoms with E-state index in [0.29, 0.717) is 23.0 Å². The number of carbonyl (C=O) groups is 1. The van der Waals surface area contributed by atoms with Gasteiger partial charge in [-0.25, -0.2) is 9.67 Å². The Kier molecular flexibility index (Phi) is 4.79. The van der Waals surface area contributed by atoms with E-state index < -0.39 is 11.5 Å². The van der Waals surface area contributed by atoms with Gasteiger partial charge in [0.25, 0.3) is 5.91 Å². The fraction of sp³-hybridized carbons (Fsp3) is 0.333. The highest BCUT2D eigenvalue weighted by molar-refractivity contribution is 6.34. The van der Waals surface area contributed by atoms with Gasteiger partial charge in [-0.2, -0.15) is 5.10 Å². The van der Waals surface area contributed by atoms with Crippen molar-refractivity contribution < 1.29 is 14.4 Å². The molecule has 142 valence electrons. The van der Waals surface area contributed by atoms with Crippen LogP contribution in [-0.2, 0) is 5.60 Å². The summed E-state index contributed by atoms with van der Waals surface area (Å²) < 4.78 is 6.54. The van der Waals surface area contributed by atoms with Gasteiger partial charge in [-0.3, -0.25) is 4.79 Å². The van der Waals surface area contributed by atoms with Crippen LogP contribution in [0.2, 0.25) is 5.02 Å². The van der Waals surface area contributed by atoms with E-state index in [1.807, 2.05) is 6.92 Å². The highest BCUT2D eigenvalue weighted by atomic mass is 35.5. The van der Waals surface area contributed by atoms with Crippen LogP contribution in [0.25, 0.3) is 5.82 Å². The number of amides is 1. The van der Waals surface area contributed by atoms with Crippen molar-refractivity contribution in [1.29, 1.82) is 0 Å². The second-order valence-electron chi connectivity index (χ2n) is 6.66. The minimum absolute atomic E-state index is 0.0144. The number of pyridine rings is 1. The van der Waals surface area contributed by atoms with Crippen molar-refractivity contribution in [1.82, 2.24) is 19.9 Å². The molecule has 2 atom stereocenters. The summed E-state index contributed by atoms with van der Waals surface area (Å²) >= 11 is 6.15. The van der Waals surface area contributed by atoms with Crippen LogP contribution in [0.4, 0.5) is 0 Å². The second-order valence-corrected chi connectivity index (χ2v) is 7.04. The summed E-state index contributed by atoms with van der Waals surface area (Å²) in [6.45, 7) is 7.04. The Balaban J connectivity index is 2.01. The van der Waals surface area contributed by atoms with Gasteiger partial charge in [0.1, 0.15) is 17.1 Å². The number of nitrogens with two attached hydrogens (primary N) is 1. The van der Waals surface area contributed by atoms with Gasteiger partial charge < -0.3 is 15.4 Å². The Morgan fingerprint density at radius 3 is 2.67 bits per heavy atom. The van der Waals surface area contributed by atoms with Crippen LogP contribution in [0.5, 0.6) is 0 Å². The van der Waals surface area contributed by atoms with Gasteiger partial charge in [0.05, 0.1) is 10.7 Å². The number of aliphatic hydroxyl groups is 1. The first kappa shape index (κ1) is 19.1. The molecule has 0 fully saturated rings. The zero-order chi connectivity index (χ0) is 19.9. The second kappa shape index (κ2) is 6.79. The van der Waals surface area contributed by atoms with Crippen LogP contribution in [0.15, 0.2) is 28.9 Å². The molecular formula is C18H20ClN5O3. The standard InChI is InChI=1S/C18H20ClN5O3/c1-9-7-13(23-27-9)18(4,26)10(2)12-5-6-21-14(8-12)24-11(3)15(19)16(22-24)17(20)25/h5-8,10,26H,1-4H3,(H2,20,25). The number of halogens is 1. The van der Waals surface area contributed by atoms with Crippen LogP contribution in [0.1, 0.15) is 53.0 Å². The molecule has 3 aromatic heterocycles. The first-order valence-corrected chi connectivity index (χ1v) is 8.68. The van der Waals surface area contributed by atoms with Crippen LogP contribution in [-0.4, -0.2) is 30.9 Å². The lowest BCUT2D eigenvalue weighted by atomic mass is 9.83. The van der Waals surface area contributed by atoms with Crippen molar-refractivity contribution in [2.24, 2.45) is 5.73 Å². The molecule has 0 aliphatic carbocycles. The van der Waals surface area contributed by atoms with Gasteiger partial charge >= 0.3 is 0 Å². The average Bonchev–Trinajstić information content (AvgIpc) is 3.19. The number of hydrogen-bond acceptors (Lipinski definition) is 6. The molecule has 3 heterocycles. The quantitative estimate of drug-likeness (QED) is 0.692. The maximum atomic E-state index is 11.5. The first-order chi connectivity index (χ1) is 12.6. The van der Waals surface area contributed by atoms with E-state index in [2.05, 4.69) is 15.2 Å². The minimum atomic E-state index is -1.26. The van der Waals surface area contributed by atoms with Crippen molar-refractivity contribution in [2.75, 3.05) is 0 Å². The average molecular weight is 390 g/mol. The molecule has 3 aromatic rings. The van der Waals surface area contributed by atoms with Crippen molar-refractivity contribution in [2.45, 2.75) is 39.2 Å². The molecule has 2 unspecified atom stereocenters. The summed E-state index contributed by atoms with van der Waals surface area (Å²) in [5.41, 5.74) is 5.83. The summed E-state index contributed by atoms with van der Waals surface area (Å²) in [6.07, 6.45) is 1.60. The topological polar surface area (TPSA) is 120 Å². The van der Waals surface area contributed by atoms with Crippen molar-refractivity contribution in [3.63, 3.8) is 0 Å². The van der Waals surface area contributed by atoms with Gasteiger partial charge in [-0.15, -0.1) is 0 Å². The normalized spacial score (nSPS) is 14.7. The molecule has 3 N–H and O–H groups in total. The van der Waals surface area contributed by atoms with Crippen LogP contribution >= 0.6 is 11.6 Å². The van der Waals surface area contributed by atoms with Crippen molar-refractivity contribution in [3.05, 3.63) is 57.8 Å². The van der Waals surface area contributed by atoms with E-state index in [9.17, 15) is 9.90 Å². The molecule has 3 rings (SSSR count). The number of aryl methyl sites for hydroxylation is 1. The monoisotopic (exact) mass is 389 g/mol. The summed E-state index contributed by atoms with van der Waals surface area (Å²) in [7, 11) is 0. The van der Waals surface area contributed by atoms with Gasteiger partial charge in [0.15, 0.2) is 11.5 Å². The van der Waals surface area contributed by atoms with Gasteiger partial charge in [-0.05, 0) is 38.5 Å². The van der Waals surface area contributed by atoms with Crippen LogP contribution in [0, 0.1) is 13.8 Å². The zero-order valence-electron chi connectivity index (χ0n) is 15.4. The van der Waals surface area contributed by atoms with Crippen molar-refractivity contribution in [3.8, 4) is 5.82 Å². The highest BCUT2D eigenvalue weighted by Crippen LogP contribution is 2.36. The minimum Gasteiger partial charge on any atom is -0.383 e. The Hall–Kier alpha value is -2.71. The number of rotatable bonds is 5. The smallest absolute Gasteiger partial charge is 0.270 e. The van der Waals surface area contributed by atoms with E-state index in [1.165, 1.54) is 4.68 Å². The summed E-state index contributed by atoms with van der Waals surface area (Å²) in [5, 5.41) is 19.3. The molecule has 8 nitrogen and oxygen atoms in total. The molecule has 0 saturated heterocycles. The van der Waals surface area contributed by atoms with Gasteiger partial charge in [0, 0.05) is 18.2 Å². The highest BCUT2D eigenvalue weighted by Gasteiger charge is 2.35.